The van der Waals surface area contributed by atoms with Gasteiger partial charge < -0.3 is 10.1 Å². The molecule has 0 aromatic heterocycles. The molecule has 0 aliphatic carbocycles. The molecule has 2 aromatic carbocycles. The Morgan fingerprint density at radius 2 is 1.96 bits per heavy atom. The van der Waals surface area contributed by atoms with Crippen LogP contribution >= 0.6 is 11.8 Å². The molecule has 3 rings (SSSR count). The third kappa shape index (κ3) is 4.70. The monoisotopic (exact) mass is 366 g/mol. The van der Waals surface area contributed by atoms with Crippen molar-refractivity contribution in [3.8, 4) is 16.9 Å². The molecule has 136 valence electrons. The number of nitrogens with one attached hydrogen (secondary N) is 1. The fourth-order valence-electron chi connectivity index (χ4n) is 2.91. The van der Waals surface area contributed by atoms with Crippen molar-refractivity contribution in [2.75, 3.05) is 6.61 Å². The topological polar surface area (TPSA) is 33.6 Å². The van der Waals surface area contributed by atoms with Crippen molar-refractivity contribution in [1.82, 2.24) is 5.32 Å². The smallest absolute Gasteiger partial charge is 0.129 e. The van der Waals surface area contributed by atoms with Crippen LogP contribution in [0.4, 0.5) is 0 Å². The van der Waals surface area contributed by atoms with Crippen LogP contribution in [0.3, 0.4) is 0 Å². The molecule has 1 unspecified atom stereocenters. The van der Waals surface area contributed by atoms with Crippen LogP contribution in [-0.4, -0.2) is 17.8 Å². The zero-order valence-corrected chi connectivity index (χ0v) is 16.5. The summed E-state index contributed by atoms with van der Waals surface area (Å²) in [6.45, 7) is 7.12. The van der Waals surface area contributed by atoms with Gasteiger partial charge in [-0.2, -0.15) is 0 Å². The normalized spacial score (nSPS) is 19.0. The molecule has 1 atom stereocenters. The quantitative estimate of drug-likeness (QED) is 0.622. The average molecular weight is 367 g/mol. The van der Waals surface area contributed by atoms with E-state index in [9.17, 15) is 0 Å². The van der Waals surface area contributed by atoms with E-state index in [1.54, 1.807) is 18.1 Å². The van der Waals surface area contributed by atoms with E-state index in [0.29, 0.717) is 0 Å². The van der Waals surface area contributed by atoms with Gasteiger partial charge in [-0.1, -0.05) is 55.4 Å². The summed E-state index contributed by atoms with van der Waals surface area (Å²) in [5.41, 5.74) is 3.43. The van der Waals surface area contributed by atoms with Gasteiger partial charge in [0.25, 0.3) is 0 Å². The Labute approximate surface area is 160 Å². The van der Waals surface area contributed by atoms with E-state index < -0.39 is 0 Å². The van der Waals surface area contributed by atoms with Crippen LogP contribution in [0.25, 0.3) is 11.1 Å². The fraction of sp³-hybridized carbons (Fsp3) is 0.318. The zero-order valence-electron chi connectivity index (χ0n) is 15.7. The van der Waals surface area contributed by atoms with E-state index in [0.717, 1.165) is 36.5 Å². The first-order chi connectivity index (χ1) is 12.6. The van der Waals surface area contributed by atoms with Gasteiger partial charge in [0.2, 0.25) is 0 Å². The number of ether oxygens (including phenoxy) is 1. The van der Waals surface area contributed by atoms with Crippen LogP contribution in [-0.2, 0) is 0 Å². The zero-order chi connectivity index (χ0) is 18.4. The Balaban J connectivity index is 1.90. The van der Waals surface area contributed by atoms with Gasteiger partial charge >= 0.3 is 0 Å². The van der Waals surface area contributed by atoms with Gasteiger partial charge in [0.15, 0.2) is 0 Å². The molecule has 1 heterocycles. The van der Waals surface area contributed by atoms with Crippen molar-refractivity contribution < 1.29 is 4.74 Å². The number of hydrogen-bond acceptors (Lipinski definition) is 4. The van der Waals surface area contributed by atoms with E-state index in [1.165, 1.54) is 10.5 Å². The van der Waals surface area contributed by atoms with Gasteiger partial charge in [-0.3, -0.25) is 4.99 Å². The van der Waals surface area contributed by atoms with E-state index in [-0.39, 0.29) is 4.87 Å². The molecule has 0 saturated heterocycles. The van der Waals surface area contributed by atoms with Crippen LogP contribution in [0.1, 0.15) is 33.6 Å². The number of thioether (sulfide) groups is 1. The second kappa shape index (κ2) is 8.45. The summed E-state index contributed by atoms with van der Waals surface area (Å²) >= 11 is 1.75. The summed E-state index contributed by atoms with van der Waals surface area (Å²) in [7, 11) is 0. The summed E-state index contributed by atoms with van der Waals surface area (Å²) in [5, 5.41) is 3.13. The molecule has 0 spiro atoms. The Bertz CT molecular complexity index is 801. The first-order valence-electron chi connectivity index (χ1n) is 9.10. The van der Waals surface area contributed by atoms with E-state index in [2.05, 4.69) is 79.6 Å². The number of benzene rings is 2. The largest absolute Gasteiger partial charge is 0.493 e. The molecule has 1 N–H and O–H groups in total. The van der Waals surface area contributed by atoms with E-state index >= 15 is 0 Å². The van der Waals surface area contributed by atoms with Gasteiger partial charge in [0.05, 0.1) is 12.9 Å². The number of allylic oxidation sites excluding steroid dienone is 1. The maximum atomic E-state index is 6.06. The maximum absolute atomic E-state index is 6.06. The minimum Gasteiger partial charge on any atom is -0.493 e. The predicted molar refractivity (Wildman–Crippen MR) is 112 cm³/mol. The lowest BCUT2D eigenvalue weighted by Gasteiger charge is -2.25. The molecule has 1 aliphatic rings. The van der Waals surface area contributed by atoms with E-state index in [4.69, 9.17) is 4.74 Å². The van der Waals surface area contributed by atoms with Crippen LogP contribution in [0.5, 0.6) is 5.75 Å². The molecular weight excluding hydrogens is 340 g/mol. The van der Waals surface area contributed by atoms with Crippen LogP contribution in [0, 0.1) is 0 Å². The molecule has 1 aliphatic heterocycles. The third-order valence-corrected chi connectivity index (χ3v) is 5.34. The Morgan fingerprint density at radius 1 is 1.15 bits per heavy atom. The number of rotatable bonds is 7. The SMILES string of the molecule is CCCCOc1ccc(SC2(C)C=C(C)NC=N2)cc1-c1ccccc1. The van der Waals surface area contributed by atoms with Crippen molar-refractivity contribution in [2.45, 2.75) is 43.4 Å². The van der Waals surface area contributed by atoms with Crippen LogP contribution in [0.2, 0.25) is 0 Å². The number of nitrogens with zero attached hydrogens (tertiary/aromatic N) is 1. The summed E-state index contributed by atoms with van der Waals surface area (Å²) in [5.74, 6) is 0.944. The molecule has 0 saturated carbocycles. The van der Waals surface area contributed by atoms with Crippen molar-refractivity contribution in [3.63, 3.8) is 0 Å². The first-order valence-corrected chi connectivity index (χ1v) is 9.92. The second-order valence-corrected chi connectivity index (χ2v) is 8.11. The highest BCUT2D eigenvalue weighted by Crippen LogP contribution is 2.40. The number of hydrogen-bond donors (Lipinski definition) is 1. The van der Waals surface area contributed by atoms with Crippen molar-refractivity contribution in [3.05, 3.63) is 60.3 Å². The lowest BCUT2D eigenvalue weighted by molar-refractivity contribution is 0.310. The van der Waals surface area contributed by atoms with Gasteiger partial charge in [-0.05, 0) is 50.1 Å². The molecule has 3 nitrogen and oxygen atoms in total. The predicted octanol–water partition coefficient (Wildman–Crippen LogP) is 5.88. The summed E-state index contributed by atoms with van der Waals surface area (Å²) in [6, 6.07) is 16.9. The minimum absolute atomic E-state index is 0.298. The second-order valence-electron chi connectivity index (χ2n) is 6.61. The first kappa shape index (κ1) is 18.6. The standard InChI is InChI=1S/C22H26N2OS/c1-4-5-13-25-21-12-11-19(14-20(21)18-9-7-6-8-10-18)26-22(3)15-17(2)23-16-24-22/h6-12,14-16H,4-5,13H2,1-3H3,(H,23,24). The van der Waals surface area contributed by atoms with E-state index in [1.807, 2.05) is 6.07 Å². The highest BCUT2D eigenvalue weighted by atomic mass is 32.2. The Hall–Kier alpha value is -2.20. The third-order valence-electron chi connectivity index (χ3n) is 4.21. The fourth-order valence-corrected chi connectivity index (χ4v) is 4.04. The lowest BCUT2D eigenvalue weighted by atomic mass is 10.0. The van der Waals surface area contributed by atoms with Gasteiger partial charge in [0, 0.05) is 16.2 Å². The van der Waals surface area contributed by atoms with Crippen LogP contribution < -0.4 is 10.1 Å². The number of unbranched alkanes of at least 4 members (excludes halogenated alkanes) is 1. The summed E-state index contributed by atoms with van der Waals surface area (Å²) in [6.07, 6.45) is 6.13. The number of aliphatic imine (C=N–C) groups is 1. The van der Waals surface area contributed by atoms with Gasteiger partial charge in [-0.25, -0.2) is 0 Å². The Morgan fingerprint density at radius 3 is 2.69 bits per heavy atom. The molecule has 0 fully saturated rings. The van der Waals surface area contributed by atoms with Gasteiger partial charge in [-0.15, -0.1) is 0 Å². The van der Waals surface area contributed by atoms with Gasteiger partial charge in [0.1, 0.15) is 10.6 Å². The molecule has 0 amide bonds. The minimum atomic E-state index is -0.298. The maximum Gasteiger partial charge on any atom is 0.129 e. The molecule has 0 bridgehead atoms. The summed E-state index contributed by atoms with van der Waals surface area (Å²) < 4.78 is 6.06. The highest BCUT2D eigenvalue weighted by Gasteiger charge is 2.24. The highest BCUT2D eigenvalue weighted by molar-refractivity contribution is 8.00. The molecule has 0 radical (unpaired) electrons. The lowest BCUT2D eigenvalue weighted by Crippen LogP contribution is -2.25. The van der Waals surface area contributed by atoms with Crippen molar-refractivity contribution in [2.24, 2.45) is 4.99 Å². The van der Waals surface area contributed by atoms with Crippen LogP contribution in [0.15, 0.2) is 70.2 Å². The average Bonchev–Trinajstić information content (AvgIpc) is 2.63. The molecular formula is C22H26N2OS. The molecule has 26 heavy (non-hydrogen) atoms. The van der Waals surface area contributed by atoms with Crippen molar-refractivity contribution >= 4 is 18.1 Å². The molecule has 4 heteroatoms. The summed E-state index contributed by atoms with van der Waals surface area (Å²) in [4.78, 5) is 5.49. The van der Waals surface area contributed by atoms with Crippen molar-refractivity contribution in [1.29, 1.82) is 0 Å². The molecule has 2 aromatic rings. The Kier molecular flexibility index (Phi) is 6.04.